The first-order valence-electron chi connectivity index (χ1n) is 11.6. The van der Waals surface area contributed by atoms with Crippen molar-refractivity contribution in [3.8, 4) is 0 Å². The molecule has 1 unspecified atom stereocenters. The first-order chi connectivity index (χ1) is 16.3. The molecule has 2 atom stereocenters. The Morgan fingerprint density at radius 1 is 1.18 bits per heavy atom. The molecule has 182 valence electrons. The molecule has 3 aliphatic heterocycles. The number of carbonyl (C=O) groups excluding carboxylic acids is 1. The number of ether oxygens (including phenoxy) is 1. The molecule has 2 fully saturated rings. The summed E-state index contributed by atoms with van der Waals surface area (Å²) in [7, 11) is 1.47. The van der Waals surface area contributed by atoms with E-state index >= 15 is 0 Å². The second kappa shape index (κ2) is 9.07. The van der Waals surface area contributed by atoms with Gasteiger partial charge < -0.3 is 19.9 Å². The number of likely N-dealkylation sites (tertiary alicyclic amines) is 1. The third-order valence-corrected chi connectivity index (χ3v) is 6.98. The number of halogens is 3. The van der Waals surface area contributed by atoms with Gasteiger partial charge in [0.2, 0.25) is 5.91 Å². The summed E-state index contributed by atoms with van der Waals surface area (Å²) >= 11 is 0. The number of rotatable bonds is 2. The predicted molar refractivity (Wildman–Crippen MR) is 123 cm³/mol. The molecule has 2 aromatic rings. The molecule has 1 aromatic carbocycles. The number of morpholine rings is 1. The molecule has 1 aromatic heterocycles. The van der Waals surface area contributed by atoms with E-state index in [0.717, 1.165) is 24.3 Å². The van der Waals surface area contributed by atoms with Gasteiger partial charge >= 0.3 is 6.18 Å². The van der Waals surface area contributed by atoms with Crippen LogP contribution < -0.4 is 15.1 Å². The van der Waals surface area contributed by atoms with Gasteiger partial charge in [0.25, 0.3) is 0 Å². The summed E-state index contributed by atoms with van der Waals surface area (Å²) in [5.74, 6) is -0.336. The molecule has 2 saturated heterocycles. The minimum atomic E-state index is -4.37. The lowest BCUT2D eigenvalue weighted by atomic mass is 9.89. The van der Waals surface area contributed by atoms with Crippen LogP contribution >= 0.6 is 0 Å². The minimum absolute atomic E-state index is 0.228. The monoisotopic (exact) mass is 475 g/mol. The van der Waals surface area contributed by atoms with E-state index in [1.54, 1.807) is 17.2 Å². The van der Waals surface area contributed by atoms with Crippen molar-refractivity contribution in [3.05, 3.63) is 42.1 Å². The number of piperidine rings is 1. The van der Waals surface area contributed by atoms with E-state index in [0.29, 0.717) is 36.8 Å². The Bertz CT molecular complexity index is 1060. The number of amides is 1. The zero-order chi connectivity index (χ0) is 23.9. The number of pyridine rings is 1. The van der Waals surface area contributed by atoms with E-state index in [-0.39, 0.29) is 25.4 Å². The number of hydrogen-bond donors (Lipinski definition) is 1. The maximum absolute atomic E-state index is 13.8. The van der Waals surface area contributed by atoms with Crippen molar-refractivity contribution in [3.63, 3.8) is 0 Å². The van der Waals surface area contributed by atoms with Crippen LogP contribution in [-0.2, 0) is 16.1 Å². The van der Waals surface area contributed by atoms with Gasteiger partial charge in [0.1, 0.15) is 11.9 Å². The Kier molecular flexibility index (Phi) is 6.11. The van der Waals surface area contributed by atoms with Crippen molar-refractivity contribution in [2.24, 2.45) is 5.92 Å². The highest BCUT2D eigenvalue weighted by atomic mass is 19.4. The molecular weight excluding hydrogens is 447 g/mol. The molecule has 10 heteroatoms. The molecule has 0 spiro atoms. The van der Waals surface area contributed by atoms with Crippen LogP contribution in [0.4, 0.5) is 36.1 Å². The van der Waals surface area contributed by atoms with Gasteiger partial charge in [0.15, 0.2) is 0 Å². The zero-order valence-corrected chi connectivity index (χ0v) is 19.0. The fourth-order valence-corrected chi connectivity index (χ4v) is 5.04. The molecule has 5 rings (SSSR count). The number of hydrogen-bond acceptors (Lipinski definition) is 6. The average molecular weight is 476 g/mol. The molecule has 3 aliphatic rings. The number of fused-ring (bicyclic) bond motifs is 2. The molecular formula is C24H28F3N5O2. The van der Waals surface area contributed by atoms with Crippen molar-refractivity contribution < 1.29 is 22.7 Å². The Labute approximate surface area is 196 Å². The van der Waals surface area contributed by atoms with Gasteiger partial charge in [-0.1, -0.05) is 6.07 Å². The summed E-state index contributed by atoms with van der Waals surface area (Å²) in [5.41, 5.74) is 3.15. The third-order valence-electron chi connectivity index (χ3n) is 6.98. The number of alkyl halides is 3. The summed E-state index contributed by atoms with van der Waals surface area (Å²) < 4.78 is 46.3. The Morgan fingerprint density at radius 2 is 1.97 bits per heavy atom. The number of aromatic nitrogens is 1. The van der Waals surface area contributed by atoms with E-state index in [2.05, 4.69) is 15.2 Å². The zero-order valence-electron chi connectivity index (χ0n) is 19.0. The molecule has 34 heavy (non-hydrogen) atoms. The summed E-state index contributed by atoms with van der Waals surface area (Å²) in [4.78, 5) is 23.4. The molecule has 0 radical (unpaired) electrons. The Hall–Kier alpha value is -2.85. The van der Waals surface area contributed by atoms with E-state index in [1.807, 2.05) is 24.3 Å². The predicted octanol–water partition coefficient (Wildman–Crippen LogP) is 3.78. The van der Waals surface area contributed by atoms with Crippen LogP contribution in [0.25, 0.3) is 0 Å². The van der Waals surface area contributed by atoms with Gasteiger partial charge in [-0.3, -0.25) is 9.69 Å². The molecule has 1 N–H and O–H groups in total. The smallest absolute Gasteiger partial charge is 0.378 e. The van der Waals surface area contributed by atoms with Crippen LogP contribution in [0.2, 0.25) is 0 Å². The van der Waals surface area contributed by atoms with Crippen molar-refractivity contribution in [1.29, 1.82) is 0 Å². The highest BCUT2D eigenvalue weighted by Gasteiger charge is 2.47. The summed E-state index contributed by atoms with van der Waals surface area (Å²) in [6.45, 7) is 3.21. The lowest BCUT2D eigenvalue weighted by molar-refractivity contribution is -0.191. The number of anilines is 4. The average Bonchev–Trinajstić information content (AvgIpc) is 3.00. The van der Waals surface area contributed by atoms with E-state index < -0.39 is 18.1 Å². The van der Waals surface area contributed by atoms with E-state index in [4.69, 9.17) is 4.74 Å². The Balaban J connectivity index is 1.50. The van der Waals surface area contributed by atoms with Crippen LogP contribution in [0.15, 0.2) is 36.5 Å². The van der Waals surface area contributed by atoms with Gasteiger partial charge in [0, 0.05) is 36.5 Å². The number of nitrogens with one attached hydrogen (secondary N) is 1. The second-order valence-corrected chi connectivity index (χ2v) is 9.12. The lowest BCUT2D eigenvalue weighted by Gasteiger charge is -2.39. The molecule has 1 amide bonds. The fourth-order valence-electron chi connectivity index (χ4n) is 5.04. The maximum atomic E-state index is 13.8. The molecule has 4 heterocycles. The number of nitrogens with zero attached hydrogens (tertiary/aromatic N) is 4. The maximum Gasteiger partial charge on any atom is 0.404 e. The summed E-state index contributed by atoms with van der Waals surface area (Å²) in [6.07, 6.45) is -2.53. The van der Waals surface area contributed by atoms with Crippen LogP contribution in [-0.4, -0.2) is 67.9 Å². The molecule has 0 aliphatic carbocycles. The van der Waals surface area contributed by atoms with Crippen LogP contribution in [0.3, 0.4) is 0 Å². The van der Waals surface area contributed by atoms with Gasteiger partial charge in [-0.2, -0.15) is 13.2 Å². The fraction of sp³-hybridized carbons (Fsp3) is 0.500. The number of carbonyl (C=O) groups is 1. The first-order valence-corrected chi connectivity index (χ1v) is 11.6. The second-order valence-electron chi connectivity index (χ2n) is 9.12. The summed E-state index contributed by atoms with van der Waals surface area (Å²) in [6, 6.07) is 7.92. The topological polar surface area (TPSA) is 60.9 Å². The van der Waals surface area contributed by atoms with E-state index in [9.17, 15) is 18.0 Å². The lowest BCUT2D eigenvalue weighted by Crippen LogP contribution is -2.51. The largest absolute Gasteiger partial charge is 0.404 e. The molecule has 0 saturated carbocycles. The van der Waals surface area contributed by atoms with Gasteiger partial charge in [-0.25, -0.2) is 4.98 Å². The third kappa shape index (κ3) is 4.44. The molecule has 7 nitrogen and oxygen atoms in total. The normalized spacial score (nSPS) is 23.5. The van der Waals surface area contributed by atoms with Gasteiger partial charge in [-0.15, -0.1) is 0 Å². The standard InChI is InChI=1S/C24H28F3N5O2/c1-30-8-6-16(13-21(30)24(25,26)27)23(33)32-15-17-3-2-7-28-22(17)29-19-5-4-18(14-20(19)32)31-9-11-34-12-10-31/h2-5,7,14,16,21H,6,8-13,15H2,1H3,(H,28,29)/t16-,21?/m1/s1. The highest BCUT2D eigenvalue weighted by Crippen LogP contribution is 2.40. The summed E-state index contributed by atoms with van der Waals surface area (Å²) in [5, 5.41) is 3.32. The Morgan fingerprint density at radius 3 is 2.74 bits per heavy atom. The molecule has 0 bridgehead atoms. The van der Waals surface area contributed by atoms with Crippen molar-refractivity contribution in [2.45, 2.75) is 31.6 Å². The van der Waals surface area contributed by atoms with Crippen LogP contribution in [0.1, 0.15) is 18.4 Å². The van der Waals surface area contributed by atoms with E-state index in [1.165, 1.54) is 11.9 Å². The quantitative estimate of drug-likeness (QED) is 0.714. The van der Waals surface area contributed by atoms with Crippen LogP contribution in [0, 0.1) is 5.92 Å². The number of benzene rings is 1. The highest BCUT2D eigenvalue weighted by molar-refractivity contribution is 6.00. The van der Waals surface area contributed by atoms with Gasteiger partial charge in [0.05, 0.1) is 31.1 Å². The first kappa shape index (κ1) is 22.9. The van der Waals surface area contributed by atoms with Crippen molar-refractivity contribution >= 4 is 28.8 Å². The van der Waals surface area contributed by atoms with Crippen molar-refractivity contribution in [1.82, 2.24) is 9.88 Å². The van der Waals surface area contributed by atoms with Gasteiger partial charge in [-0.05, 0) is 50.7 Å². The minimum Gasteiger partial charge on any atom is -0.378 e. The van der Waals surface area contributed by atoms with Crippen molar-refractivity contribution in [2.75, 3.05) is 55.0 Å². The van der Waals surface area contributed by atoms with Crippen LogP contribution in [0.5, 0.6) is 0 Å². The SMILES string of the molecule is CN1CC[C@@H](C(=O)N2Cc3cccnc3Nc3ccc(N4CCOCC4)cc32)CC1C(F)(F)F.